The Kier molecular flexibility index (Phi) is 4.52. The van der Waals surface area contributed by atoms with E-state index >= 15 is 0 Å². The van der Waals surface area contributed by atoms with Gasteiger partial charge in [-0.25, -0.2) is 0 Å². The van der Waals surface area contributed by atoms with Gasteiger partial charge < -0.3 is 5.11 Å². The smallest absolute Gasteiger partial charge is 0.390 e. The molecule has 150 valence electrons. The van der Waals surface area contributed by atoms with Gasteiger partial charge in [0.15, 0.2) is 0 Å². The van der Waals surface area contributed by atoms with E-state index in [9.17, 15) is 35.9 Å². The molecule has 26 heavy (non-hydrogen) atoms. The summed E-state index contributed by atoms with van der Waals surface area (Å²) in [5.74, 6) is -4.86. The minimum absolute atomic E-state index is 0.218. The van der Waals surface area contributed by atoms with E-state index in [1.54, 1.807) is 0 Å². The molecule has 10 heteroatoms. The molecule has 4 rings (SSSR count). The zero-order chi connectivity index (χ0) is 19.6. The number of hydrogen-bond acceptors (Lipinski definition) is 4. The predicted molar refractivity (Wildman–Crippen MR) is 82.4 cm³/mol. The number of carbonyl (C=O) groups excluding carboxylic acids is 1. The average molecular weight is 402 g/mol. The molecule has 4 aliphatic rings. The van der Waals surface area contributed by atoms with Crippen molar-refractivity contribution < 1.29 is 40.4 Å². The van der Waals surface area contributed by atoms with Gasteiger partial charge in [-0.3, -0.25) is 9.35 Å². The first-order chi connectivity index (χ1) is 11.7. The third kappa shape index (κ3) is 3.17. The van der Waals surface area contributed by atoms with Gasteiger partial charge in [-0.05, 0) is 56.8 Å². The first kappa shape index (κ1) is 20.0. The molecule has 0 heterocycles. The molecule has 0 aromatic rings. The van der Waals surface area contributed by atoms with E-state index in [2.05, 4.69) is 0 Å². The van der Waals surface area contributed by atoms with Gasteiger partial charge in [-0.1, -0.05) is 0 Å². The Morgan fingerprint density at radius 1 is 1.08 bits per heavy atom. The molecule has 0 spiro atoms. The van der Waals surface area contributed by atoms with E-state index < -0.39 is 45.2 Å². The van der Waals surface area contributed by atoms with Crippen LogP contribution in [0.4, 0.5) is 17.6 Å². The molecule has 0 saturated heterocycles. The van der Waals surface area contributed by atoms with Crippen LogP contribution in [0.15, 0.2) is 0 Å². The fraction of sp³-hybridized carbons (Fsp3) is 0.938. The fourth-order valence-corrected chi connectivity index (χ4v) is 6.09. The molecule has 4 fully saturated rings. The molecule has 2 N–H and O–H groups in total. The molecule has 4 bridgehead atoms. The van der Waals surface area contributed by atoms with Crippen molar-refractivity contribution in [3.05, 3.63) is 0 Å². The van der Waals surface area contributed by atoms with Crippen LogP contribution in [0, 0.1) is 17.3 Å². The Bertz CT molecular complexity index is 691. The second kappa shape index (κ2) is 5.88. The lowest BCUT2D eigenvalue weighted by molar-refractivity contribution is -0.178. The molecule has 2 unspecified atom stereocenters. The van der Waals surface area contributed by atoms with Crippen molar-refractivity contribution in [3.63, 3.8) is 0 Å². The standard InChI is InChI=1S/C16H22F4O5S/c17-15(18,16(19,20)26(23,24)25)3-1-2-12(21)13-5-10-4-11(6-13)8-14(22,7-10)9-13/h10-11,22H,1-9H2,(H,23,24,25). The van der Waals surface area contributed by atoms with Gasteiger partial charge >= 0.3 is 21.3 Å². The van der Waals surface area contributed by atoms with Gasteiger partial charge in [0, 0.05) is 18.3 Å². The molecular weight excluding hydrogens is 380 g/mol. The summed E-state index contributed by atoms with van der Waals surface area (Å²) >= 11 is 0. The van der Waals surface area contributed by atoms with Crippen molar-refractivity contribution in [2.45, 2.75) is 74.6 Å². The van der Waals surface area contributed by atoms with E-state index in [-0.39, 0.29) is 30.5 Å². The van der Waals surface area contributed by atoms with Crippen LogP contribution < -0.4 is 0 Å². The van der Waals surface area contributed by atoms with Gasteiger partial charge in [-0.15, -0.1) is 0 Å². The quantitative estimate of drug-likeness (QED) is 0.504. The summed E-state index contributed by atoms with van der Waals surface area (Å²) in [6.45, 7) is 0. The van der Waals surface area contributed by atoms with E-state index in [1.165, 1.54) is 0 Å². The number of halogens is 4. The minimum atomic E-state index is -6.26. The monoisotopic (exact) mass is 402 g/mol. The average Bonchev–Trinajstić information content (AvgIpc) is 2.42. The Labute approximate surface area is 148 Å². The molecule has 2 atom stereocenters. The SMILES string of the molecule is O=C(CCCC(F)(F)C(F)(F)S(=O)(=O)O)C12CC3CC(CC(O)(C3)C1)C2. The second-order valence-electron chi connectivity index (χ2n) is 8.44. The number of Topliss-reactive ketones (excluding diaryl/α,β-unsaturated/α-hetero) is 1. The predicted octanol–water partition coefficient (Wildman–Crippen LogP) is 3.17. The summed E-state index contributed by atoms with van der Waals surface area (Å²) in [5, 5.41) is 5.00. The van der Waals surface area contributed by atoms with Gasteiger partial charge in [0.25, 0.3) is 0 Å². The van der Waals surface area contributed by atoms with Crippen LogP contribution >= 0.6 is 0 Å². The van der Waals surface area contributed by atoms with Crippen LogP contribution in [0.3, 0.4) is 0 Å². The summed E-state index contributed by atoms with van der Waals surface area (Å²) in [6.07, 6.45) is 1.13. The van der Waals surface area contributed by atoms with Gasteiger partial charge in [-0.2, -0.15) is 26.0 Å². The topological polar surface area (TPSA) is 91.7 Å². The summed E-state index contributed by atoms with van der Waals surface area (Å²) in [6, 6.07) is 0. The van der Waals surface area contributed by atoms with Crippen LogP contribution in [0.25, 0.3) is 0 Å². The van der Waals surface area contributed by atoms with E-state index in [0.29, 0.717) is 25.7 Å². The highest BCUT2D eigenvalue weighted by Crippen LogP contribution is 2.62. The van der Waals surface area contributed by atoms with Gasteiger partial charge in [0.1, 0.15) is 5.78 Å². The van der Waals surface area contributed by atoms with Crippen molar-refractivity contribution in [2.24, 2.45) is 17.3 Å². The molecule has 0 aromatic heterocycles. The van der Waals surface area contributed by atoms with Crippen LogP contribution in [0.1, 0.15) is 57.8 Å². The van der Waals surface area contributed by atoms with Crippen LogP contribution in [0.5, 0.6) is 0 Å². The van der Waals surface area contributed by atoms with Crippen molar-refractivity contribution in [2.75, 3.05) is 0 Å². The maximum absolute atomic E-state index is 13.5. The van der Waals surface area contributed by atoms with E-state index in [0.717, 1.165) is 6.42 Å². The van der Waals surface area contributed by atoms with Gasteiger partial charge in [0.2, 0.25) is 0 Å². The van der Waals surface area contributed by atoms with E-state index in [4.69, 9.17) is 4.55 Å². The fourth-order valence-electron chi connectivity index (χ4n) is 5.61. The minimum Gasteiger partial charge on any atom is -0.390 e. The van der Waals surface area contributed by atoms with Crippen molar-refractivity contribution in [3.8, 4) is 0 Å². The Morgan fingerprint density at radius 2 is 1.62 bits per heavy atom. The van der Waals surface area contributed by atoms with Gasteiger partial charge in [0.05, 0.1) is 5.60 Å². The number of ketones is 1. The number of alkyl halides is 4. The molecule has 4 aliphatic carbocycles. The molecule has 5 nitrogen and oxygen atoms in total. The first-order valence-electron chi connectivity index (χ1n) is 8.68. The lowest BCUT2D eigenvalue weighted by Crippen LogP contribution is -2.58. The molecule has 0 aromatic carbocycles. The summed E-state index contributed by atoms with van der Waals surface area (Å²) in [5.41, 5.74) is -1.68. The van der Waals surface area contributed by atoms with Crippen LogP contribution in [-0.4, -0.2) is 40.6 Å². The number of aliphatic hydroxyl groups is 1. The Balaban J connectivity index is 1.63. The molecule has 0 aliphatic heterocycles. The Hall–Kier alpha value is -0.740. The third-order valence-electron chi connectivity index (χ3n) is 6.27. The van der Waals surface area contributed by atoms with Crippen LogP contribution in [-0.2, 0) is 14.9 Å². The lowest BCUT2D eigenvalue weighted by Gasteiger charge is -2.59. The maximum atomic E-state index is 13.5. The summed E-state index contributed by atoms with van der Waals surface area (Å²) in [4.78, 5) is 12.7. The van der Waals surface area contributed by atoms with Crippen molar-refractivity contribution in [1.29, 1.82) is 0 Å². The molecule has 0 radical (unpaired) electrons. The largest absolute Gasteiger partial charge is 0.431 e. The van der Waals surface area contributed by atoms with Crippen molar-refractivity contribution >= 4 is 15.9 Å². The molecule has 4 saturated carbocycles. The second-order valence-corrected chi connectivity index (χ2v) is 9.90. The lowest BCUT2D eigenvalue weighted by atomic mass is 9.46. The zero-order valence-electron chi connectivity index (χ0n) is 14.1. The molecule has 0 amide bonds. The maximum Gasteiger partial charge on any atom is 0.431 e. The third-order valence-corrected chi connectivity index (χ3v) is 7.21. The first-order valence-corrected chi connectivity index (χ1v) is 10.1. The molecular formula is C16H22F4O5S. The number of hydrogen-bond donors (Lipinski definition) is 2. The zero-order valence-corrected chi connectivity index (χ0v) is 14.9. The van der Waals surface area contributed by atoms with Crippen molar-refractivity contribution in [1.82, 2.24) is 0 Å². The highest BCUT2D eigenvalue weighted by molar-refractivity contribution is 7.87. The Morgan fingerprint density at radius 3 is 2.08 bits per heavy atom. The number of carbonyl (C=O) groups is 1. The summed E-state index contributed by atoms with van der Waals surface area (Å²) < 4.78 is 82.7. The van der Waals surface area contributed by atoms with E-state index in [1.807, 2.05) is 0 Å². The highest BCUT2D eigenvalue weighted by Gasteiger charge is 2.65. The summed E-state index contributed by atoms with van der Waals surface area (Å²) in [7, 11) is -6.26. The normalized spacial score (nSPS) is 37.2. The van der Waals surface area contributed by atoms with Crippen LogP contribution in [0.2, 0.25) is 0 Å². The highest BCUT2D eigenvalue weighted by atomic mass is 32.2. The number of rotatable bonds is 7.